The zero-order valence-corrected chi connectivity index (χ0v) is 20.0. The van der Waals surface area contributed by atoms with Crippen LogP contribution in [0.25, 0.3) is 22.1 Å². The number of phenolic OH excluding ortho intramolecular Hbond substituents is 1. The van der Waals surface area contributed by atoms with Crippen molar-refractivity contribution in [1.29, 1.82) is 0 Å². The number of methoxy groups -OCH3 is 1. The molecule has 0 atom stereocenters. The number of piperidine rings is 1. The maximum Gasteiger partial charge on any atom is 0.415 e. The fourth-order valence-corrected chi connectivity index (χ4v) is 4.67. The summed E-state index contributed by atoms with van der Waals surface area (Å²) in [4.78, 5) is 27.5. The van der Waals surface area contributed by atoms with E-state index in [2.05, 4.69) is 12.1 Å². The average Bonchev–Trinajstić information content (AvgIpc) is 2.90. The summed E-state index contributed by atoms with van der Waals surface area (Å²) in [5.74, 6) is 1.01. The van der Waals surface area contributed by atoms with Crippen LogP contribution >= 0.6 is 0 Å². The molecule has 0 aliphatic carbocycles. The minimum atomic E-state index is -0.482. The van der Waals surface area contributed by atoms with Crippen LogP contribution in [0.15, 0.2) is 82.2 Å². The van der Waals surface area contributed by atoms with Gasteiger partial charge in [0.25, 0.3) is 0 Å². The van der Waals surface area contributed by atoms with Crippen LogP contribution in [0.4, 0.5) is 4.79 Å². The number of nitrogens with zero attached hydrogens (tertiary/aromatic N) is 1. The number of amides is 1. The third-order valence-electron chi connectivity index (χ3n) is 6.68. The van der Waals surface area contributed by atoms with E-state index in [1.807, 2.05) is 18.2 Å². The molecule has 1 amide bonds. The Labute approximate surface area is 208 Å². The van der Waals surface area contributed by atoms with Crippen molar-refractivity contribution in [2.75, 3.05) is 20.2 Å². The van der Waals surface area contributed by atoms with Crippen molar-refractivity contribution in [2.45, 2.75) is 19.3 Å². The molecule has 1 saturated heterocycles. The highest BCUT2D eigenvalue weighted by atomic mass is 16.6. The normalized spacial score (nSPS) is 14.1. The fourth-order valence-electron chi connectivity index (χ4n) is 4.67. The lowest BCUT2D eigenvalue weighted by atomic mass is 9.90. The first kappa shape index (κ1) is 23.5. The van der Waals surface area contributed by atoms with Crippen LogP contribution in [0.3, 0.4) is 0 Å². The van der Waals surface area contributed by atoms with Gasteiger partial charge in [-0.3, -0.25) is 4.79 Å². The van der Waals surface area contributed by atoms with E-state index < -0.39 is 6.09 Å². The summed E-state index contributed by atoms with van der Waals surface area (Å²) in [6.07, 6.45) is 3.66. The van der Waals surface area contributed by atoms with Crippen LogP contribution in [-0.4, -0.2) is 36.3 Å². The molecule has 36 heavy (non-hydrogen) atoms. The predicted octanol–water partition coefficient (Wildman–Crippen LogP) is 5.63. The van der Waals surface area contributed by atoms with Crippen molar-refractivity contribution >= 4 is 17.1 Å². The number of rotatable bonds is 5. The van der Waals surface area contributed by atoms with E-state index in [-0.39, 0.29) is 27.9 Å². The molecule has 0 radical (unpaired) electrons. The third-order valence-corrected chi connectivity index (χ3v) is 6.68. The van der Waals surface area contributed by atoms with Gasteiger partial charge in [0.05, 0.1) is 12.7 Å². The van der Waals surface area contributed by atoms with Gasteiger partial charge in [0, 0.05) is 25.2 Å². The van der Waals surface area contributed by atoms with Gasteiger partial charge in [-0.1, -0.05) is 42.5 Å². The van der Waals surface area contributed by atoms with E-state index >= 15 is 0 Å². The fraction of sp³-hybridized carbons (Fsp3) is 0.241. The Morgan fingerprint density at radius 3 is 2.44 bits per heavy atom. The minimum absolute atomic E-state index is 0.0323. The number of hydrogen-bond acceptors (Lipinski definition) is 6. The van der Waals surface area contributed by atoms with Gasteiger partial charge >= 0.3 is 6.09 Å². The first-order chi connectivity index (χ1) is 17.5. The van der Waals surface area contributed by atoms with Gasteiger partial charge in [0.15, 0.2) is 0 Å². The Bertz CT molecular complexity index is 1420. The van der Waals surface area contributed by atoms with Gasteiger partial charge in [-0.15, -0.1) is 0 Å². The molecule has 4 aromatic rings. The molecule has 5 rings (SSSR count). The minimum Gasteiger partial charge on any atom is -0.507 e. The number of likely N-dealkylation sites (tertiary alicyclic amines) is 1. The second-order valence-electron chi connectivity index (χ2n) is 9.01. The maximum absolute atomic E-state index is 13.1. The highest BCUT2D eigenvalue weighted by Crippen LogP contribution is 2.31. The summed E-state index contributed by atoms with van der Waals surface area (Å²) in [5.41, 5.74) is 2.02. The van der Waals surface area contributed by atoms with Crippen molar-refractivity contribution in [1.82, 2.24) is 4.90 Å². The third kappa shape index (κ3) is 4.91. The number of aromatic hydroxyl groups is 1. The Morgan fingerprint density at radius 2 is 1.75 bits per heavy atom. The molecule has 0 spiro atoms. The van der Waals surface area contributed by atoms with Crippen LogP contribution in [0.5, 0.6) is 17.2 Å². The highest BCUT2D eigenvalue weighted by Gasteiger charge is 2.25. The summed E-state index contributed by atoms with van der Waals surface area (Å²) in [6, 6.07) is 20.1. The molecule has 7 heteroatoms. The van der Waals surface area contributed by atoms with Crippen molar-refractivity contribution in [3.05, 3.63) is 88.8 Å². The summed E-state index contributed by atoms with van der Waals surface area (Å²) in [7, 11) is 1.57. The molecule has 0 unspecified atom stereocenters. The SMILES string of the molecule is COc1ccc(-c2coc3cc(OC(=O)N4CCC(Cc5ccccc5)CC4)cc(O)c3c2=O)cc1. The second kappa shape index (κ2) is 10.2. The lowest BCUT2D eigenvalue weighted by Crippen LogP contribution is -2.40. The summed E-state index contributed by atoms with van der Waals surface area (Å²) < 4.78 is 16.3. The van der Waals surface area contributed by atoms with E-state index in [1.54, 1.807) is 36.3 Å². The van der Waals surface area contributed by atoms with E-state index in [0.29, 0.717) is 35.9 Å². The van der Waals surface area contributed by atoms with Crippen molar-refractivity contribution in [3.8, 4) is 28.4 Å². The lowest BCUT2D eigenvalue weighted by molar-refractivity contribution is 0.131. The molecule has 1 fully saturated rings. The molecule has 1 aliphatic rings. The Morgan fingerprint density at radius 1 is 1.03 bits per heavy atom. The van der Waals surface area contributed by atoms with Gasteiger partial charge in [-0.25, -0.2) is 4.79 Å². The number of hydrogen-bond donors (Lipinski definition) is 1. The first-order valence-electron chi connectivity index (χ1n) is 12.0. The van der Waals surface area contributed by atoms with Gasteiger partial charge < -0.3 is 23.9 Å². The topological polar surface area (TPSA) is 89.2 Å². The van der Waals surface area contributed by atoms with Crippen molar-refractivity contribution < 1.29 is 23.8 Å². The van der Waals surface area contributed by atoms with Crippen molar-refractivity contribution in [2.24, 2.45) is 5.92 Å². The van der Waals surface area contributed by atoms with E-state index in [0.717, 1.165) is 19.3 Å². The van der Waals surface area contributed by atoms with Crippen LogP contribution in [0, 0.1) is 5.92 Å². The van der Waals surface area contributed by atoms with Gasteiger partial charge in [0.1, 0.15) is 34.5 Å². The molecule has 1 aromatic heterocycles. The number of fused-ring (bicyclic) bond motifs is 1. The molecule has 184 valence electrons. The van der Waals surface area contributed by atoms with Gasteiger partial charge in [-0.2, -0.15) is 0 Å². The Kier molecular flexibility index (Phi) is 6.62. The molecule has 7 nitrogen and oxygen atoms in total. The van der Waals surface area contributed by atoms with Crippen molar-refractivity contribution in [3.63, 3.8) is 0 Å². The average molecular weight is 486 g/mol. The number of carbonyl (C=O) groups is 1. The lowest BCUT2D eigenvalue weighted by Gasteiger charge is -2.31. The van der Waals surface area contributed by atoms with Crippen LogP contribution < -0.4 is 14.9 Å². The van der Waals surface area contributed by atoms with Gasteiger partial charge in [-0.05, 0) is 48.4 Å². The quantitative estimate of drug-likeness (QED) is 0.394. The van der Waals surface area contributed by atoms with E-state index in [4.69, 9.17) is 13.9 Å². The standard InChI is InChI=1S/C29H27NO6/c1-34-22-9-7-21(8-10-22)24-18-35-26-17-23(16-25(31)27(26)28(24)32)36-29(33)30-13-11-20(12-14-30)15-19-5-3-2-4-6-19/h2-10,16-18,20,31H,11-15H2,1H3. The summed E-state index contributed by atoms with van der Waals surface area (Å²) in [6.45, 7) is 1.21. The van der Waals surface area contributed by atoms with Crippen LogP contribution in [-0.2, 0) is 6.42 Å². The number of ether oxygens (including phenoxy) is 2. The molecular weight excluding hydrogens is 458 g/mol. The molecule has 3 aromatic carbocycles. The molecule has 0 saturated carbocycles. The summed E-state index contributed by atoms with van der Waals surface area (Å²) >= 11 is 0. The Hall–Kier alpha value is -4.26. The zero-order chi connectivity index (χ0) is 25.1. The number of carbonyl (C=O) groups excluding carboxylic acids is 1. The van der Waals surface area contributed by atoms with E-state index in [9.17, 15) is 14.7 Å². The molecule has 0 bridgehead atoms. The molecule has 1 aliphatic heterocycles. The second-order valence-corrected chi connectivity index (χ2v) is 9.01. The number of phenols is 1. The van der Waals surface area contributed by atoms with Crippen LogP contribution in [0.1, 0.15) is 18.4 Å². The largest absolute Gasteiger partial charge is 0.507 e. The summed E-state index contributed by atoms with van der Waals surface area (Å²) in [5, 5.41) is 10.6. The van der Waals surface area contributed by atoms with E-state index in [1.165, 1.54) is 24.0 Å². The Balaban J connectivity index is 1.28. The molecular formula is C29H27NO6. The smallest absolute Gasteiger partial charge is 0.415 e. The molecule has 2 heterocycles. The first-order valence-corrected chi connectivity index (χ1v) is 12.0. The van der Waals surface area contributed by atoms with Gasteiger partial charge in [0.2, 0.25) is 5.43 Å². The van der Waals surface area contributed by atoms with Crippen LogP contribution in [0.2, 0.25) is 0 Å². The molecule has 1 N–H and O–H groups in total. The monoisotopic (exact) mass is 485 g/mol. The maximum atomic E-state index is 13.1. The highest BCUT2D eigenvalue weighted by molar-refractivity contribution is 5.88. The number of benzene rings is 3. The zero-order valence-electron chi connectivity index (χ0n) is 20.0. The predicted molar refractivity (Wildman–Crippen MR) is 137 cm³/mol.